The minimum absolute atomic E-state index is 0. The molecule has 29 heavy (non-hydrogen) atoms. The molecule has 0 unspecified atom stereocenters. The Hall–Kier alpha value is -1.14. The smallest absolute Gasteiger partial charge is 0.275 e. The van der Waals surface area contributed by atoms with Crippen molar-refractivity contribution in [2.24, 2.45) is 5.10 Å². The summed E-state index contributed by atoms with van der Waals surface area (Å²) >= 11 is 9.47. The van der Waals surface area contributed by atoms with Crippen LogP contribution in [0.15, 0.2) is 44.8 Å². The van der Waals surface area contributed by atoms with E-state index >= 15 is 0 Å². The first kappa shape index (κ1) is 24.1. The molecule has 10 radical (unpaired) electrons. The van der Waals surface area contributed by atoms with Crippen LogP contribution in [0.4, 0.5) is 5.69 Å². The quantitative estimate of drug-likeness (QED) is 0.374. The molecule has 8 heteroatoms. The van der Waals surface area contributed by atoms with Gasteiger partial charge < -0.3 is 0 Å². The van der Waals surface area contributed by atoms with Crippen LogP contribution < -0.4 is 11.0 Å². The molecule has 1 heterocycles. The topological polar surface area (TPSA) is 59.3 Å². The zero-order chi connectivity index (χ0) is 19.8. The summed E-state index contributed by atoms with van der Waals surface area (Å²) in [5.74, 6) is 0.949. The van der Waals surface area contributed by atoms with Gasteiger partial charge in [0.25, 0.3) is 5.56 Å². The van der Waals surface area contributed by atoms with Gasteiger partial charge in [-0.15, -0.1) is 0 Å². The Morgan fingerprint density at radius 2 is 1.59 bits per heavy atom. The second kappa shape index (κ2) is 12.5. The molecule has 4 rings (SSSR count). The monoisotopic (exact) mass is 510 g/mol. The maximum Gasteiger partial charge on any atom is 2.00 e. The van der Waals surface area contributed by atoms with E-state index in [4.69, 9.17) is 11.6 Å². The zero-order valence-corrected chi connectivity index (χ0v) is 18.5. The Balaban J connectivity index is 0.000000437. The van der Waals surface area contributed by atoms with Gasteiger partial charge >= 0.3 is 17.1 Å². The van der Waals surface area contributed by atoms with Crippen LogP contribution in [0.1, 0.15) is 0 Å². The fraction of sp³-hybridized carbons (Fsp3) is 0. The summed E-state index contributed by atoms with van der Waals surface area (Å²) in [6.45, 7) is 0. The van der Waals surface area contributed by atoms with Crippen LogP contribution in [0.25, 0.3) is 5.69 Å². The molecule has 0 amide bonds. The number of hydrogen-bond donors (Lipinski definition) is 1. The molecule has 2 fully saturated rings. The number of hydrogen-bond acceptors (Lipinski definition) is 4. The zero-order valence-electron chi connectivity index (χ0n) is 15.0. The predicted octanol–water partition coefficient (Wildman–Crippen LogP) is 4.47. The Labute approximate surface area is 195 Å². The van der Waals surface area contributed by atoms with E-state index < -0.39 is 5.56 Å². The molecule has 0 saturated heterocycles. The van der Waals surface area contributed by atoms with E-state index in [0.29, 0.717) is 11.4 Å². The van der Waals surface area contributed by atoms with Crippen molar-refractivity contribution in [3.8, 4) is 5.69 Å². The molecule has 1 N–H and O–H groups in total. The molecule has 5 nitrogen and oxygen atoms in total. The minimum atomic E-state index is -0.414. The van der Waals surface area contributed by atoms with Crippen molar-refractivity contribution in [1.29, 1.82) is 0 Å². The maximum atomic E-state index is 12.3. The van der Waals surface area contributed by atoms with Crippen molar-refractivity contribution in [1.82, 2.24) is 9.78 Å². The van der Waals surface area contributed by atoms with Gasteiger partial charge in [0.05, 0.1) is 11.9 Å². The van der Waals surface area contributed by atoms with Gasteiger partial charge in [-0.05, 0) is 82.1 Å². The van der Waals surface area contributed by atoms with Crippen LogP contribution in [0.3, 0.4) is 0 Å². The number of anilines is 1. The summed E-state index contributed by atoms with van der Waals surface area (Å²) in [6.07, 6.45) is 20.8. The van der Waals surface area contributed by atoms with Crippen LogP contribution in [0, 0.1) is 63.7 Å². The van der Waals surface area contributed by atoms with Gasteiger partial charge in [-0.1, -0.05) is 27.5 Å². The number of nitrogens with zero attached hydrogens (tertiary/aromatic N) is 3. The van der Waals surface area contributed by atoms with Gasteiger partial charge in [-0.3, -0.25) is 10.2 Å². The molecule has 0 spiro atoms. The summed E-state index contributed by atoms with van der Waals surface area (Å²) in [5.41, 5.74) is 3.31. The average Bonchev–Trinajstić information content (AvgIpc) is 3.43. The third-order valence-electron chi connectivity index (χ3n) is 3.63. The van der Waals surface area contributed by atoms with Crippen molar-refractivity contribution in [2.75, 3.05) is 5.43 Å². The van der Waals surface area contributed by atoms with Crippen molar-refractivity contribution in [2.45, 2.75) is 0 Å². The van der Waals surface area contributed by atoms with Gasteiger partial charge in [-0.2, -0.15) is 14.9 Å². The van der Waals surface area contributed by atoms with Crippen LogP contribution in [-0.4, -0.2) is 16.0 Å². The molecule has 0 bridgehead atoms. The van der Waals surface area contributed by atoms with E-state index in [1.54, 1.807) is 18.3 Å². The van der Waals surface area contributed by atoms with Crippen molar-refractivity contribution in [3.05, 3.63) is 114 Å². The summed E-state index contributed by atoms with van der Waals surface area (Å²) in [6, 6.07) is 7.20. The molecule has 1 aromatic heterocycles. The predicted molar refractivity (Wildman–Crippen MR) is 117 cm³/mol. The van der Waals surface area contributed by atoms with Crippen molar-refractivity contribution < 1.29 is 17.1 Å². The standard InChI is InChI=1S/C16H11BrClN4O.C5H5.Fe/c17-12-5-7-13(8-6-12)22-16(23)15(18)14(10-20-22)21-19-9-11-3-1-2-4-11;1-2-4-5-3-1;/h1-10,21H;1-5H;/q;;+2/b19-9+;;. The Kier molecular flexibility index (Phi) is 10.4. The fourth-order valence-corrected chi connectivity index (χ4v) is 2.68. The molecule has 2 saturated carbocycles. The van der Waals surface area contributed by atoms with E-state index in [9.17, 15) is 4.79 Å². The molecule has 1 aromatic carbocycles. The van der Waals surface area contributed by atoms with Gasteiger partial charge in [0.1, 0.15) is 10.7 Å². The second-order valence-electron chi connectivity index (χ2n) is 5.62. The van der Waals surface area contributed by atoms with E-state index in [-0.39, 0.29) is 22.1 Å². The fourth-order valence-electron chi connectivity index (χ4n) is 2.25. The molecule has 0 atom stereocenters. The molecular formula is C21H16BrClFeN4O+2. The molecule has 0 aliphatic heterocycles. The normalized spacial score (nSPS) is 16.3. The summed E-state index contributed by atoms with van der Waals surface area (Å²) in [7, 11) is 0. The van der Waals surface area contributed by atoms with Crippen LogP contribution in [-0.2, 0) is 17.1 Å². The van der Waals surface area contributed by atoms with Crippen LogP contribution in [0.2, 0.25) is 5.02 Å². The van der Waals surface area contributed by atoms with E-state index in [0.717, 1.165) is 10.4 Å². The molecular weight excluding hydrogens is 495 g/mol. The van der Waals surface area contributed by atoms with Gasteiger partial charge in [-0.25, -0.2) is 0 Å². The summed E-state index contributed by atoms with van der Waals surface area (Å²) < 4.78 is 2.15. The number of nitrogens with one attached hydrogen (secondary N) is 1. The number of halogens is 2. The van der Waals surface area contributed by atoms with E-state index in [1.807, 2.05) is 69.9 Å². The second-order valence-corrected chi connectivity index (χ2v) is 6.91. The number of benzene rings is 1. The third-order valence-corrected chi connectivity index (χ3v) is 4.53. The van der Waals surface area contributed by atoms with Crippen molar-refractivity contribution in [3.63, 3.8) is 0 Å². The number of rotatable bonds is 4. The number of aromatic nitrogens is 2. The minimum Gasteiger partial charge on any atom is -0.275 e. The van der Waals surface area contributed by atoms with Gasteiger partial charge in [0.2, 0.25) is 0 Å². The van der Waals surface area contributed by atoms with E-state index in [2.05, 4.69) is 31.6 Å². The Bertz CT molecular complexity index is 839. The van der Waals surface area contributed by atoms with Gasteiger partial charge in [0, 0.05) is 16.6 Å². The summed E-state index contributed by atoms with van der Waals surface area (Å²) in [4.78, 5) is 12.3. The van der Waals surface area contributed by atoms with Crippen LogP contribution >= 0.6 is 27.5 Å². The number of hydrazone groups is 1. The molecule has 2 aliphatic rings. The first-order valence-electron chi connectivity index (χ1n) is 8.36. The SMILES string of the molecule is O=c1c(Cl)c(N/N=C/[C]2[CH][CH][CH][CH]2)cnn1-c1ccc(Br)cc1.[CH]1[CH][CH][CH][CH]1.[Fe+2]. The van der Waals surface area contributed by atoms with Crippen molar-refractivity contribution >= 4 is 39.4 Å². The molecule has 146 valence electrons. The third kappa shape index (κ3) is 7.25. The molecule has 2 aliphatic carbocycles. The maximum absolute atomic E-state index is 12.3. The Morgan fingerprint density at radius 1 is 1.00 bits per heavy atom. The van der Waals surface area contributed by atoms with Gasteiger partial charge in [0.15, 0.2) is 0 Å². The first-order chi connectivity index (χ1) is 13.6. The largest absolute Gasteiger partial charge is 2.00 e. The summed E-state index contributed by atoms with van der Waals surface area (Å²) in [5, 5.41) is 8.20. The van der Waals surface area contributed by atoms with E-state index in [1.165, 1.54) is 10.9 Å². The van der Waals surface area contributed by atoms with Crippen LogP contribution in [0.5, 0.6) is 0 Å². The average molecular weight is 512 g/mol. The molecule has 2 aromatic rings. The Morgan fingerprint density at radius 3 is 2.17 bits per heavy atom. The first-order valence-corrected chi connectivity index (χ1v) is 9.53.